The summed E-state index contributed by atoms with van der Waals surface area (Å²) in [7, 11) is 0. The molecule has 1 N–H and O–H groups in total. The smallest absolute Gasteiger partial charge is 0.0480 e. The summed E-state index contributed by atoms with van der Waals surface area (Å²) in [5.74, 6) is 0. The molecular weight excluding hydrogens is 224 g/mol. The van der Waals surface area contributed by atoms with Crippen LogP contribution >= 0.6 is 0 Å². The molecule has 2 bridgehead atoms. The van der Waals surface area contributed by atoms with E-state index in [4.69, 9.17) is 4.74 Å². The van der Waals surface area contributed by atoms with E-state index >= 15 is 0 Å². The summed E-state index contributed by atoms with van der Waals surface area (Å²) in [5, 5.41) is 3.74. The van der Waals surface area contributed by atoms with Crippen molar-refractivity contribution in [3.63, 3.8) is 0 Å². The summed E-state index contributed by atoms with van der Waals surface area (Å²) in [5.41, 5.74) is 0. The first-order valence-electron chi connectivity index (χ1n) is 7.97. The Kier molecular flexibility index (Phi) is 4.22. The molecule has 0 aromatic rings. The molecule has 0 aromatic heterocycles. The van der Waals surface area contributed by atoms with Crippen molar-refractivity contribution in [3.8, 4) is 0 Å². The van der Waals surface area contributed by atoms with Crippen LogP contribution in [0.1, 0.15) is 51.9 Å². The Bertz CT molecular complexity index is 251. The van der Waals surface area contributed by atoms with Crippen LogP contribution in [0.15, 0.2) is 0 Å². The Labute approximate surface area is 111 Å². The fourth-order valence-electron chi connectivity index (χ4n) is 4.31. The molecule has 0 aromatic carbocycles. The van der Waals surface area contributed by atoms with Gasteiger partial charge in [0.2, 0.25) is 0 Å². The topological polar surface area (TPSA) is 24.5 Å². The van der Waals surface area contributed by atoms with E-state index < -0.39 is 0 Å². The molecule has 0 spiro atoms. The van der Waals surface area contributed by atoms with Crippen molar-refractivity contribution in [1.82, 2.24) is 10.2 Å². The van der Waals surface area contributed by atoms with Gasteiger partial charge in [-0.25, -0.2) is 0 Å². The molecule has 3 aliphatic heterocycles. The van der Waals surface area contributed by atoms with Crippen LogP contribution in [0.5, 0.6) is 0 Å². The van der Waals surface area contributed by atoms with Gasteiger partial charge < -0.3 is 10.1 Å². The number of nitrogens with zero attached hydrogens (tertiary/aromatic N) is 1. The van der Waals surface area contributed by atoms with Crippen molar-refractivity contribution in [2.45, 2.75) is 76.0 Å². The zero-order chi connectivity index (χ0) is 12.4. The SMILES string of the molecule is CCCNC1CC2CCC(C1)N2C1CCOCC1. The van der Waals surface area contributed by atoms with E-state index in [2.05, 4.69) is 17.1 Å². The summed E-state index contributed by atoms with van der Waals surface area (Å²) in [6.07, 6.45) is 9.43. The van der Waals surface area contributed by atoms with Crippen LogP contribution in [0, 0.1) is 0 Å². The molecule has 0 amide bonds. The molecular formula is C15H28N2O. The van der Waals surface area contributed by atoms with E-state index in [1.807, 2.05) is 0 Å². The zero-order valence-corrected chi connectivity index (χ0v) is 11.7. The monoisotopic (exact) mass is 252 g/mol. The van der Waals surface area contributed by atoms with Crippen molar-refractivity contribution >= 4 is 0 Å². The lowest BCUT2D eigenvalue weighted by Gasteiger charge is -2.45. The minimum atomic E-state index is 0.790. The van der Waals surface area contributed by atoms with Gasteiger partial charge in [0, 0.05) is 37.4 Å². The summed E-state index contributed by atoms with van der Waals surface area (Å²) >= 11 is 0. The Morgan fingerprint density at radius 2 is 1.67 bits per heavy atom. The lowest BCUT2D eigenvalue weighted by atomic mass is 9.93. The summed E-state index contributed by atoms with van der Waals surface area (Å²) in [6, 6.07) is 3.34. The Morgan fingerprint density at radius 3 is 2.28 bits per heavy atom. The predicted octanol–water partition coefficient (Wildman–Crippen LogP) is 2.16. The standard InChI is InChI=1S/C15H28N2O/c1-2-7-16-12-10-14-3-4-15(11-12)17(14)13-5-8-18-9-6-13/h12-16H,2-11H2,1H3. The largest absolute Gasteiger partial charge is 0.381 e. The van der Waals surface area contributed by atoms with Gasteiger partial charge in [-0.3, -0.25) is 4.90 Å². The molecule has 3 nitrogen and oxygen atoms in total. The number of hydrogen-bond acceptors (Lipinski definition) is 3. The van der Waals surface area contributed by atoms with E-state index in [-0.39, 0.29) is 0 Å². The van der Waals surface area contributed by atoms with Crippen molar-refractivity contribution in [1.29, 1.82) is 0 Å². The second-order valence-electron chi connectivity index (χ2n) is 6.30. The van der Waals surface area contributed by atoms with Crippen LogP contribution in [-0.4, -0.2) is 48.8 Å². The summed E-state index contributed by atoms with van der Waals surface area (Å²) in [6.45, 7) is 5.43. The molecule has 104 valence electrons. The molecule has 2 atom stereocenters. The van der Waals surface area contributed by atoms with Gasteiger partial charge in [0.1, 0.15) is 0 Å². The first-order chi connectivity index (χ1) is 8.88. The van der Waals surface area contributed by atoms with Gasteiger partial charge in [-0.15, -0.1) is 0 Å². The molecule has 3 heterocycles. The van der Waals surface area contributed by atoms with E-state index in [0.29, 0.717) is 0 Å². The van der Waals surface area contributed by atoms with Crippen LogP contribution in [0.25, 0.3) is 0 Å². The van der Waals surface area contributed by atoms with Crippen LogP contribution in [0.2, 0.25) is 0 Å². The minimum Gasteiger partial charge on any atom is -0.381 e. The first-order valence-corrected chi connectivity index (χ1v) is 7.97. The highest BCUT2D eigenvalue weighted by Gasteiger charge is 2.43. The van der Waals surface area contributed by atoms with Crippen molar-refractivity contribution in [2.75, 3.05) is 19.8 Å². The maximum absolute atomic E-state index is 5.52. The van der Waals surface area contributed by atoms with E-state index in [1.54, 1.807) is 0 Å². The molecule has 3 fully saturated rings. The van der Waals surface area contributed by atoms with E-state index in [0.717, 1.165) is 37.4 Å². The average Bonchev–Trinajstić information content (AvgIpc) is 2.69. The van der Waals surface area contributed by atoms with Crippen LogP contribution in [-0.2, 0) is 4.74 Å². The Balaban J connectivity index is 1.58. The summed E-state index contributed by atoms with van der Waals surface area (Å²) in [4.78, 5) is 2.88. The molecule has 3 aliphatic rings. The number of fused-ring (bicyclic) bond motifs is 2. The highest BCUT2D eigenvalue weighted by Crippen LogP contribution is 2.39. The van der Waals surface area contributed by atoms with Crippen molar-refractivity contribution in [3.05, 3.63) is 0 Å². The Hall–Kier alpha value is -0.120. The molecule has 0 radical (unpaired) electrons. The zero-order valence-electron chi connectivity index (χ0n) is 11.7. The molecule has 18 heavy (non-hydrogen) atoms. The van der Waals surface area contributed by atoms with Gasteiger partial charge in [-0.2, -0.15) is 0 Å². The van der Waals surface area contributed by atoms with Crippen molar-refractivity contribution < 1.29 is 4.74 Å². The molecule has 3 saturated heterocycles. The highest BCUT2D eigenvalue weighted by atomic mass is 16.5. The third-order valence-electron chi connectivity index (χ3n) is 5.09. The predicted molar refractivity (Wildman–Crippen MR) is 73.8 cm³/mol. The molecule has 0 saturated carbocycles. The third kappa shape index (κ3) is 2.59. The number of ether oxygens (including phenoxy) is 1. The maximum atomic E-state index is 5.52. The van der Waals surface area contributed by atoms with Crippen LogP contribution in [0.3, 0.4) is 0 Å². The number of piperidine rings is 1. The number of rotatable bonds is 4. The van der Waals surface area contributed by atoms with Gasteiger partial charge in [0.25, 0.3) is 0 Å². The van der Waals surface area contributed by atoms with Crippen LogP contribution in [0.4, 0.5) is 0 Å². The lowest BCUT2D eigenvalue weighted by molar-refractivity contribution is -0.00492. The molecule has 0 aliphatic carbocycles. The Morgan fingerprint density at radius 1 is 1.00 bits per heavy atom. The van der Waals surface area contributed by atoms with Gasteiger partial charge in [0.05, 0.1) is 0 Å². The maximum Gasteiger partial charge on any atom is 0.0480 e. The fourth-order valence-corrected chi connectivity index (χ4v) is 4.31. The van der Waals surface area contributed by atoms with E-state index in [1.165, 1.54) is 51.5 Å². The minimum absolute atomic E-state index is 0.790. The molecule has 2 unspecified atom stereocenters. The highest BCUT2D eigenvalue weighted by molar-refractivity contribution is 5.00. The first kappa shape index (κ1) is 12.9. The lowest BCUT2D eigenvalue weighted by Crippen LogP contribution is -2.54. The van der Waals surface area contributed by atoms with Crippen molar-refractivity contribution in [2.24, 2.45) is 0 Å². The van der Waals surface area contributed by atoms with Gasteiger partial charge in [0.15, 0.2) is 0 Å². The average molecular weight is 252 g/mol. The van der Waals surface area contributed by atoms with Gasteiger partial charge in [-0.1, -0.05) is 6.92 Å². The van der Waals surface area contributed by atoms with E-state index in [9.17, 15) is 0 Å². The van der Waals surface area contributed by atoms with Gasteiger partial charge in [-0.05, 0) is 51.5 Å². The third-order valence-corrected chi connectivity index (χ3v) is 5.09. The second-order valence-corrected chi connectivity index (χ2v) is 6.30. The summed E-state index contributed by atoms with van der Waals surface area (Å²) < 4.78 is 5.52. The normalized spacial score (nSPS) is 38.2. The molecule has 3 heteroatoms. The second kappa shape index (κ2) is 5.89. The van der Waals surface area contributed by atoms with Gasteiger partial charge >= 0.3 is 0 Å². The number of nitrogens with one attached hydrogen (secondary N) is 1. The molecule has 3 rings (SSSR count). The quantitative estimate of drug-likeness (QED) is 0.830. The van der Waals surface area contributed by atoms with Crippen LogP contribution < -0.4 is 5.32 Å². The number of hydrogen-bond donors (Lipinski definition) is 1. The fraction of sp³-hybridized carbons (Fsp3) is 1.00.